The molecule has 0 spiro atoms. The lowest BCUT2D eigenvalue weighted by atomic mass is 10.1. The largest absolute Gasteiger partial charge is 0.491 e. The summed E-state index contributed by atoms with van der Waals surface area (Å²) in [5.41, 5.74) is 0.719. The summed E-state index contributed by atoms with van der Waals surface area (Å²) in [6, 6.07) is 6.33. The number of hydrogen-bond acceptors (Lipinski definition) is 3. The summed E-state index contributed by atoms with van der Waals surface area (Å²) in [4.78, 5) is 26.0. The van der Waals surface area contributed by atoms with Gasteiger partial charge in [-0.1, -0.05) is 6.92 Å². The number of piperazine rings is 1. The van der Waals surface area contributed by atoms with Crippen molar-refractivity contribution in [3.8, 4) is 5.75 Å². The fourth-order valence-corrected chi connectivity index (χ4v) is 2.42. The van der Waals surface area contributed by atoms with Gasteiger partial charge >= 0.3 is 0 Å². The number of nitrogens with one attached hydrogen (secondary N) is 1. The van der Waals surface area contributed by atoms with Gasteiger partial charge in [-0.15, -0.1) is 0 Å². The molecule has 1 aliphatic rings. The average molecular weight is 290 g/mol. The summed E-state index contributed by atoms with van der Waals surface area (Å²) in [5, 5.41) is 2.75. The van der Waals surface area contributed by atoms with Crippen LogP contribution in [0.1, 0.15) is 34.1 Å². The highest BCUT2D eigenvalue weighted by Gasteiger charge is 2.37. The molecule has 1 aliphatic heterocycles. The molecule has 2 atom stereocenters. The minimum Gasteiger partial charge on any atom is -0.491 e. The second-order valence-corrected chi connectivity index (χ2v) is 5.51. The van der Waals surface area contributed by atoms with Crippen LogP contribution in [0.3, 0.4) is 0 Å². The zero-order chi connectivity index (χ0) is 15.6. The molecule has 21 heavy (non-hydrogen) atoms. The molecule has 114 valence electrons. The highest BCUT2D eigenvalue weighted by atomic mass is 16.5. The third-order valence-corrected chi connectivity index (χ3v) is 3.51. The predicted octanol–water partition coefficient (Wildman–Crippen LogP) is 2.10. The summed E-state index contributed by atoms with van der Waals surface area (Å²) in [5.74, 6) is 0.563. The third kappa shape index (κ3) is 3.17. The van der Waals surface area contributed by atoms with Crippen molar-refractivity contribution >= 4 is 17.5 Å². The Kier molecular flexibility index (Phi) is 4.50. The van der Waals surface area contributed by atoms with Gasteiger partial charge in [0.15, 0.2) is 0 Å². The molecule has 1 aromatic carbocycles. The number of benzene rings is 1. The molecule has 2 amide bonds. The van der Waals surface area contributed by atoms with E-state index in [-0.39, 0.29) is 17.9 Å². The number of amides is 2. The lowest BCUT2D eigenvalue weighted by Gasteiger charge is -2.37. The number of ether oxygens (including phenoxy) is 1. The fraction of sp³-hybridized carbons (Fsp3) is 0.500. The minimum absolute atomic E-state index is 0.0675. The third-order valence-electron chi connectivity index (χ3n) is 3.51. The standard InChI is InChI=1S/C16H22N2O3/c1-5-14-16(20)18(11(4)15(19)17-14)12-6-8-13(9-7-12)21-10(2)3/h6-11,14H,5H2,1-4H3,(H,17,19). The van der Waals surface area contributed by atoms with E-state index in [0.717, 1.165) is 11.4 Å². The van der Waals surface area contributed by atoms with Crippen LogP contribution in [0.5, 0.6) is 5.75 Å². The van der Waals surface area contributed by atoms with E-state index in [1.165, 1.54) is 0 Å². The molecule has 0 aromatic heterocycles. The first kappa shape index (κ1) is 15.4. The van der Waals surface area contributed by atoms with Crippen molar-refractivity contribution in [2.45, 2.75) is 52.3 Å². The zero-order valence-electron chi connectivity index (χ0n) is 12.9. The van der Waals surface area contributed by atoms with Crippen molar-refractivity contribution in [2.75, 3.05) is 4.90 Å². The lowest BCUT2D eigenvalue weighted by Crippen LogP contribution is -2.62. The maximum absolute atomic E-state index is 12.5. The Bertz CT molecular complexity index is 525. The quantitative estimate of drug-likeness (QED) is 0.924. The van der Waals surface area contributed by atoms with E-state index in [9.17, 15) is 9.59 Å². The monoisotopic (exact) mass is 290 g/mol. The molecule has 2 unspecified atom stereocenters. The maximum atomic E-state index is 12.5. The van der Waals surface area contributed by atoms with E-state index in [2.05, 4.69) is 5.32 Å². The van der Waals surface area contributed by atoms with E-state index >= 15 is 0 Å². The lowest BCUT2D eigenvalue weighted by molar-refractivity contribution is -0.133. The molecule has 0 saturated carbocycles. The van der Waals surface area contributed by atoms with Gasteiger partial charge in [-0.25, -0.2) is 0 Å². The van der Waals surface area contributed by atoms with Crippen LogP contribution < -0.4 is 15.0 Å². The van der Waals surface area contributed by atoms with Crippen molar-refractivity contribution in [1.82, 2.24) is 5.32 Å². The van der Waals surface area contributed by atoms with Crippen LogP contribution in [0.4, 0.5) is 5.69 Å². The van der Waals surface area contributed by atoms with Crippen LogP contribution >= 0.6 is 0 Å². The van der Waals surface area contributed by atoms with Crippen molar-refractivity contribution in [3.05, 3.63) is 24.3 Å². The molecule has 5 heteroatoms. The first-order valence-electron chi connectivity index (χ1n) is 7.34. The summed E-state index contributed by atoms with van der Waals surface area (Å²) in [7, 11) is 0. The van der Waals surface area contributed by atoms with Crippen LogP contribution in [0.2, 0.25) is 0 Å². The summed E-state index contributed by atoms with van der Waals surface area (Å²) in [6.07, 6.45) is 0.684. The maximum Gasteiger partial charge on any atom is 0.250 e. The van der Waals surface area contributed by atoms with Gasteiger partial charge in [-0.3, -0.25) is 14.5 Å². The number of carbonyl (C=O) groups excluding carboxylic acids is 2. The molecule has 0 bridgehead atoms. The number of hydrogen-bond donors (Lipinski definition) is 1. The Balaban J connectivity index is 2.25. The van der Waals surface area contributed by atoms with Crippen molar-refractivity contribution < 1.29 is 14.3 Å². The SMILES string of the molecule is CCC1NC(=O)C(C)N(c2ccc(OC(C)C)cc2)C1=O. The van der Waals surface area contributed by atoms with Gasteiger partial charge in [0.2, 0.25) is 11.8 Å². The predicted molar refractivity (Wildman–Crippen MR) is 81.4 cm³/mol. The smallest absolute Gasteiger partial charge is 0.250 e. The van der Waals surface area contributed by atoms with Crippen LogP contribution in [-0.4, -0.2) is 30.0 Å². The van der Waals surface area contributed by atoms with Gasteiger partial charge < -0.3 is 10.1 Å². The van der Waals surface area contributed by atoms with Crippen LogP contribution in [-0.2, 0) is 9.59 Å². The highest BCUT2D eigenvalue weighted by Crippen LogP contribution is 2.25. The highest BCUT2D eigenvalue weighted by molar-refractivity contribution is 6.08. The van der Waals surface area contributed by atoms with Crippen molar-refractivity contribution in [1.29, 1.82) is 0 Å². The minimum atomic E-state index is -0.503. The molecule has 1 saturated heterocycles. The Morgan fingerprint density at radius 1 is 1.24 bits per heavy atom. The molecule has 1 aromatic rings. The summed E-state index contributed by atoms with van der Waals surface area (Å²) >= 11 is 0. The first-order chi connectivity index (χ1) is 9.93. The molecule has 0 radical (unpaired) electrons. The van der Waals surface area contributed by atoms with Crippen LogP contribution in [0.15, 0.2) is 24.3 Å². The molecular weight excluding hydrogens is 268 g/mol. The summed E-state index contributed by atoms with van der Waals surface area (Å²) < 4.78 is 5.59. The molecule has 1 N–H and O–H groups in total. The topological polar surface area (TPSA) is 58.6 Å². The van der Waals surface area contributed by atoms with Gasteiger partial charge in [-0.2, -0.15) is 0 Å². The molecule has 0 aliphatic carbocycles. The fourth-order valence-electron chi connectivity index (χ4n) is 2.42. The average Bonchev–Trinajstić information content (AvgIpc) is 2.44. The van der Waals surface area contributed by atoms with Gasteiger partial charge in [0.05, 0.1) is 6.10 Å². The van der Waals surface area contributed by atoms with E-state index in [1.54, 1.807) is 11.8 Å². The zero-order valence-corrected chi connectivity index (χ0v) is 12.9. The first-order valence-corrected chi connectivity index (χ1v) is 7.34. The van der Waals surface area contributed by atoms with E-state index in [1.807, 2.05) is 45.0 Å². The van der Waals surface area contributed by atoms with Crippen molar-refractivity contribution in [2.24, 2.45) is 0 Å². The number of anilines is 1. The molecule has 1 heterocycles. The van der Waals surface area contributed by atoms with Gasteiger partial charge in [0.1, 0.15) is 17.8 Å². The van der Waals surface area contributed by atoms with E-state index in [0.29, 0.717) is 6.42 Å². The van der Waals surface area contributed by atoms with Gasteiger partial charge in [0.25, 0.3) is 0 Å². The number of nitrogens with zero attached hydrogens (tertiary/aromatic N) is 1. The Morgan fingerprint density at radius 3 is 2.38 bits per heavy atom. The number of rotatable bonds is 4. The second-order valence-electron chi connectivity index (χ2n) is 5.51. The van der Waals surface area contributed by atoms with Crippen molar-refractivity contribution in [3.63, 3.8) is 0 Å². The Hall–Kier alpha value is -2.04. The van der Waals surface area contributed by atoms with E-state index in [4.69, 9.17) is 4.74 Å². The normalized spacial score (nSPS) is 22.4. The summed E-state index contributed by atoms with van der Waals surface area (Å²) in [6.45, 7) is 7.54. The molecule has 5 nitrogen and oxygen atoms in total. The van der Waals surface area contributed by atoms with E-state index < -0.39 is 12.1 Å². The van der Waals surface area contributed by atoms with Crippen LogP contribution in [0.25, 0.3) is 0 Å². The Morgan fingerprint density at radius 2 is 1.86 bits per heavy atom. The molecular formula is C16H22N2O3. The molecule has 1 fully saturated rings. The molecule has 2 rings (SSSR count). The van der Waals surface area contributed by atoms with Crippen LogP contribution in [0, 0.1) is 0 Å². The Labute approximate surface area is 125 Å². The second kappa shape index (κ2) is 6.16. The number of carbonyl (C=O) groups is 2. The van der Waals surface area contributed by atoms with Gasteiger partial charge in [-0.05, 0) is 51.5 Å². The van der Waals surface area contributed by atoms with Gasteiger partial charge in [0, 0.05) is 5.69 Å².